The van der Waals surface area contributed by atoms with Crippen molar-refractivity contribution >= 4 is 27.0 Å². The van der Waals surface area contributed by atoms with Crippen LogP contribution in [0.4, 0.5) is 4.39 Å². The molecule has 1 aromatic heterocycles. The molecule has 0 aliphatic rings. The minimum Gasteiger partial charge on any atom is -0.478 e. The van der Waals surface area contributed by atoms with Crippen molar-refractivity contribution in [3.63, 3.8) is 0 Å². The average molecular weight is 349 g/mol. The first-order valence-electron chi connectivity index (χ1n) is 6.81. The number of fused-ring (bicyclic) bond motifs is 1. The van der Waals surface area contributed by atoms with Crippen LogP contribution in [0.3, 0.4) is 0 Å². The number of hydrogen-bond acceptors (Lipinski definition) is 4. The lowest BCUT2D eigenvalue weighted by atomic mass is 10.2. The maximum atomic E-state index is 13.4. The van der Waals surface area contributed by atoms with Crippen molar-refractivity contribution in [2.75, 3.05) is 0 Å². The van der Waals surface area contributed by atoms with E-state index in [2.05, 4.69) is 14.7 Å². The second-order valence-corrected chi connectivity index (χ2v) is 6.79. The topological polar surface area (TPSA) is 112 Å². The molecule has 0 saturated heterocycles. The summed E-state index contributed by atoms with van der Waals surface area (Å²) in [7, 11) is -3.98. The molecule has 0 bridgehead atoms. The number of imidazole rings is 1. The summed E-state index contributed by atoms with van der Waals surface area (Å²) in [4.78, 5) is 17.6. The number of H-pyrrole nitrogens is 1. The van der Waals surface area contributed by atoms with Gasteiger partial charge in [-0.1, -0.05) is 6.07 Å². The van der Waals surface area contributed by atoms with Gasteiger partial charge in [0.05, 0.1) is 27.8 Å². The molecule has 0 atom stereocenters. The van der Waals surface area contributed by atoms with Crippen LogP contribution < -0.4 is 4.72 Å². The Kier molecular flexibility index (Phi) is 4.04. The van der Waals surface area contributed by atoms with Crippen LogP contribution in [0.15, 0.2) is 47.6 Å². The smallest absolute Gasteiger partial charge is 0.338 e. The highest BCUT2D eigenvalue weighted by atomic mass is 32.2. The Balaban J connectivity index is 1.83. The van der Waals surface area contributed by atoms with Gasteiger partial charge in [-0.25, -0.2) is 27.3 Å². The number of nitrogens with one attached hydrogen (secondary N) is 2. The zero-order valence-electron chi connectivity index (χ0n) is 12.2. The highest BCUT2D eigenvalue weighted by molar-refractivity contribution is 7.89. The minimum absolute atomic E-state index is 0.00290. The van der Waals surface area contributed by atoms with Gasteiger partial charge in [0.15, 0.2) is 0 Å². The fourth-order valence-electron chi connectivity index (χ4n) is 2.19. The van der Waals surface area contributed by atoms with Gasteiger partial charge in [-0.05, 0) is 35.9 Å². The number of aromatic nitrogens is 2. The van der Waals surface area contributed by atoms with Crippen molar-refractivity contribution in [1.29, 1.82) is 0 Å². The second kappa shape index (κ2) is 6.02. The molecule has 7 nitrogen and oxygen atoms in total. The maximum absolute atomic E-state index is 13.4. The van der Waals surface area contributed by atoms with Crippen molar-refractivity contribution in [2.24, 2.45) is 0 Å². The summed E-state index contributed by atoms with van der Waals surface area (Å²) in [6.07, 6.45) is 1.53. The van der Waals surface area contributed by atoms with Crippen molar-refractivity contribution in [3.8, 4) is 0 Å². The number of carboxylic acid groups (broad SMARTS) is 1. The molecule has 0 amide bonds. The standard InChI is InChI=1S/C15H12FN3O4S/c16-12-3-2-10(6-11(12)15(20)21)24(22,23)19-7-9-1-4-13-14(5-9)18-8-17-13/h1-6,8,19H,7H2,(H,17,18)(H,20,21). The lowest BCUT2D eigenvalue weighted by molar-refractivity contribution is 0.0691. The van der Waals surface area contributed by atoms with Crippen LogP contribution in [0, 0.1) is 5.82 Å². The summed E-state index contributed by atoms with van der Waals surface area (Å²) >= 11 is 0. The predicted octanol–water partition coefficient (Wildman–Crippen LogP) is 1.88. The molecule has 24 heavy (non-hydrogen) atoms. The van der Waals surface area contributed by atoms with Gasteiger partial charge in [0.2, 0.25) is 10.0 Å². The van der Waals surface area contributed by atoms with E-state index in [4.69, 9.17) is 5.11 Å². The zero-order chi connectivity index (χ0) is 17.3. The number of carbonyl (C=O) groups is 1. The Hall–Kier alpha value is -2.78. The Morgan fingerprint density at radius 1 is 1.25 bits per heavy atom. The number of aromatic carboxylic acids is 1. The van der Waals surface area contributed by atoms with Crippen molar-refractivity contribution in [3.05, 3.63) is 59.7 Å². The summed E-state index contributed by atoms with van der Waals surface area (Å²) in [5.74, 6) is -2.53. The number of aromatic amines is 1. The Morgan fingerprint density at radius 3 is 2.79 bits per heavy atom. The first-order chi connectivity index (χ1) is 11.4. The van der Waals surface area contributed by atoms with E-state index in [0.29, 0.717) is 5.56 Å². The van der Waals surface area contributed by atoms with E-state index in [-0.39, 0.29) is 11.4 Å². The molecule has 3 N–H and O–H groups in total. The fourth-order valence-corrected chi connectivity index (χ4v) is 3.23. The van der Waals surface area contributed by atoms with Crippen molar-refractivity contribution in [2.45, 2.75) is 11.4 Å². The first-order valence-corrected chi connectivity index (χ1v) is 8.30. The molecule has 0 radical (unpaired) electrons. The van der Waals surface area contributed by atoms with E-state index in [1.165, 1.54) is 6.33 Å². The maximum Gasteiger partial charge on any atom is 0.338 e. The van der Waals surface area contributed by atoms with Crippen LogP contribution in [-0.4, -0.2) is 29.5 Å². The fraction of sp³-hybridized carbons (Fsp3) is 0.0667. The predicted molar refractivity (Wildman–Crippen MR) is 83.5 cm³/mol. The van der Waals surface area contributed by atoms with Crippen molar-refractivity contribution in [1.82, 2.24) is 14.7 Å². The number of rotatable bonds is 5. The minimum atomic E-state index is -3.98. The molecule has 0 saturated carbocycles. The van der Waals surface area contributed by atoms with Gasteiger partial charge in [-0.15, -0.1) is 0 Å². The van der Waals surface area contributed by atoms with Crippen molar-refractivity contribution < 1.29 is 22.7 Å². The third-order valence-corrected chi connectivity index (χ3v) is 4.83. The molecule has 0 spiro atoms. The lowest BCUT2D eigenvalue weighted by Gasteiger charge is -2.08. The van der Waals surface area contributed by atoms with Gasteiger partial charge in [-0.3, -0.25) is 0 Å². The summed E-state index contributed by atoms with van der Waals surface area (Å²) < 4.78 is 40.2. The first kappa shape index (κ1) is 16.1. The van der Waals surface area contributed by atoms with Gasteiger partial charge in [0.25, 0.3) is 0 Å². The molecule has 0 unspecified atom stereocenters. The quantitative estimate of drug-likeness (QED) is 0.651. The van der Waals surface area contributed by atoms with Crippen LogP contribution in [-0.2, 0) is 16.6 Å². The molecule has 0 aliphatic heterocycles. The summed E-state index contributed by atoms with van der Waals surface area (Å²) in [6.45, 7) is -0.00290. The summed E-state index contributed by atoms with van der Waals surface area (Å²) in [6, 6.07) is 7.84. The summed E-state index contributed by atoms with van der Waals surface area (Å²) in [5, 5.41) is 8.88. The van der Waals surface area contributed by atoms with E-state index < -0.39 is 27.4 Å². The molecule has 1 heterocycles. The highest BCUT2D eigenvalue weighted by Crippen LogP contribution is 2.16. The number of benzene rings is 2. The van der Waals surface area contributed by atoms with E-state index in [0.717, 1.165) is 29.2 Å². The average Bonchev–Trinajstić information content (AvgIpc) is 3.00. The molecule has 0 fully saturated rings. The molecule has 3 rings (SSSR count). The monoisotopic (exact) mass is 349 g/mol. The second-order valence-electron chi connectivity index (χ2n) is 5.03. The third kappa shape index (κ3) is 3.12. The van der Waals surface area contributed by atoms with Crippen LogP contribution in [0.2, 0.25) is 0 Å². The van der Waals surface area contributed by atoms with Crippen LogP contribution >= 0.6 is 0 Å². The molecule has 3 aromatic rings. The summed E-state index contributed by atoms with van der Waals surface area (Å²) in [5.41, 5.74) is 1.51. The number of hydrogen-bond donors (Lipinski definition) is 3. The molecule has 9 heteroatoms. The number of nitrogens with zero attached hydrogens (tertiary/aromatic N) is 1. The van der Waals surface area contributed by atoms with Gasteiger partial charge in [0.1, 0.15) is 5.82 Å². The number of sulfonamides is 1. The van der Waals surface area contributed by atoms with Crippen LogP contribution in [0.1, 0.15) is 15.9 Å². The number of halogens is 1. The molecular weight excluding hydrogens is 337 g/mol. The SMILES string of the molecule is O=C(O)c1cc(S(=O)(=O)NCc2ccc3nc[nH]c3c2)ccc1F. The van der Waals surface area contributed by atoms with E-state index in [1.807, 2.05) is 0 Å². The third-order valence-electron chi connectivity index (χ3n) is 3.43. The molecular formula is C15H12FN3O4S. The largest absolute Gasteiger partial charge is 0.478 e. The zero-order valence-corrected chi connectivity index (χ0v) is 13.0. The van der Waals surface area contributed by atoms with Gasteiger partial charge < -0.3 is 10.1 Å². The van der Waals surface area contributed by atoms with Crippen LogP contribution in [0.5, 0.6) is 0 Å². The Bertz CT molecular complexity index is 1030. The van der Waals surface area contributed by atoms with Gasteiger partial charge >= 0.3 is 5.97 Å². The normalized spacial score (nSPS) is 11.7. The Labute approximate surface area is 136 Å². The molecule has 124 valence electrons. The highest BCUT2D eigenvalue weighted by Gasteiger charge is 2.19. The number of carboxylic acids is 1. The van der Waals surface area contributed by atoms with E-state index in [1.54, 1.807) is 18.2 Å². The lowest BCUT2D eigenvalue weighted by Crippen LogP contribution is -2.23. The van der Waals surface area contributed by atoms with Crippen LogP contribution in [0.25, 0.3) is 11.0 Å². The van der Waals surface area contributed by atoms with Gasteiger partial charge in [0, 0.05) is 6.54 Å². The molecule has 0 aliphatic carbocycles. The Morgan fingerprint density at radius 2 is 2.04 bits per heavy atom. The van der Waals surface area contributed by atoms with E-state index in [9.17, 15) is 17.6 Å². The van der Waals surface area contributed by atoms with Gasteiger partial charge in [-0.2, -0.15) is 0 Å². The van der Waals surface area contributed by atoms with E-state index >= 15 is 0 Å². The molecule has 2 aromatic carbocycles.